The van der Waals surface area contributed by atoms with Crippen molar-refractivity contribution in [3.63, 3.8) is 0 Å². The van der Waals surface area contributed by atoms with Gasteiger partial charge in [0.1, 0.15) is 10.8 Å². The summed E-state index contributed by atoms with van der Waals surface area (Å²) in [5, 5.41) is 3.48. The number of nitrogens with zero attached hydrogens (tertiary/aromatic N) is 2. The topological polar surface area (TPSA) is 86.2 Å². The largest absolute Gasteiger partial charge is 0.477 e. The molecule has 118 valence electrons. The number of halogens is 1. The third-order valence-electron chi connectivity index (χ3n) is 3.11. The predicted molar refractivity (Wildman–Crippen MR) is 90.1 cm³/mol. The lowest BCUT2D eigenvalue weighted by Crippen LogP contribution is -2.02. The number of ether oxygens (including phenoxy) is 1. The molecule has 6 nitrogen and oxygen atoms in total. The molecule has 0 saturated carbocycles. The molecule has 0 aliphatic carbocycles. The fourth-order valence-electron chi connectivity index (χ4n) is 2.05. The van der Waals surface area contributed by atoms with E-state index in [0.717, 1.165) is 11.3 Å². The zero-order valence-corrected chi connectivity index (χ0v) is 13.2. The smallest absolute Gasteiger partial charge is 0.236 e. The van der Waals surface area contributed by atoms with Gasteiger partial charge in [0.15, 0.2) is 12.2 Å². The number of oxazole rings is 1. The lowest BCUT2D eigenvalue weighted by Gasteiger charge is -2.11. The van der Waals surface area contributed by atoms with E-state index in [4.69, 9.17) is 26.5 Å². The third kappa shape index (κ3) is 3.37. The molecule has 0 aliphatic rings. The number of anilines is 3. The summed E-state index contributed by atoms with van der Waals surface area (Å²) in [6.45, 7) is 2.32. The van der Waals surface area contributed by atoms with E-state index in [1.807, 2.05) is 31.2 Å². The van der Waals surface area contributed by atoms with E-state index in [1.54, 1.807) is 12.3 Å². The average molecular weight is 331 g/mol. The molecule has 23 heavy (non-hydrogen) atoms. The molecule has 0 unspecified atom stereocenters. The van der Waals surface area contributed by atoms with Crippen LogP contribution in [0.2, 0.25) is 5.02 Å². The number of hydrogen-bond acceptors (Lipinski definition) is 6. The molecule has 7 heteroatoms. The fraction of sp³-hybridized carbons (Fsp3) is 0.125. The van der Waals surface area contributed by atoms with Crippen LogP contribution in [0.25, 0.3) is 11.3 Å². The van der Waals surface area contributed by atoms with E-state index < -0.39 is 0 Å². The van der Waals surface area contributed by atoms with E-state index in [-0.39, 0.29) is 0 Å². The van der Waals surface area contributed by atoms with Crippen LogP contribution in [0.5, 0.6) is 5.88 Å². The van der Waals surface area contributed by atoms with Crippen molar-refractivity contribution in [1.29, 1.82) is 0 Å². The summed E-state index contributed by atoms with van der Waals surface area (Å²) < 4.78 is 10.6. The molecular weight excluding hydrogens is 316 g/mol. The highest BCUT2D eigenvalue weighted by molar-refractivity contribution is 6.34. The monoisotopic (exact) mass is 330 g/mol. The molecule has 0 aliphatic heterocycles. The molecule has 2 heterocycles. The molecule has 2 aromatic heterocycles. The summed E-state index contributed by atoms with van der Waals surface area (Å²) in [6.07, 6.45) is 3.06. The van der Waals surface area contributed by atoms with Crippen molar-refractivity contribution in [2.75, 3.05) is 17.7 Å². The molecule has 3 N–H and O–H groups in total. The van der Waals surface area contributed by atoms with Gasteiger partial charge < -0.3 is 20.2 Å². The van der Waals surface area contributed by atoms with Gasteiger partial charge in [-0.3, -0.25) is 0 Å². The number of nitrogens with two attached hydrogens (primary N) is 1. The van der Waals surface area contributed by atoms with Crippen LogP contribution in [0.15, 0.2) is 47.3 Å². The van der Waals surface area contributed by atoms with Crippen molar-refractivity contribution in [3.8, 4) is 17.2 Å². The molecule has 0 radical (unpaired) electrons. The molecule has 1 aromatic carbocycles. The Balaban J connectivity index is 1.82. The lowest BCUT2D eigenvalue weighted by atomic mass is 10.1. The summed E-state index contributed by atoms with van der Waals surface area (Å²) in [4.78, 5) is 8.22. The van der Waals surface area contributed by atoms with Crippen molar-refractivity contribution >= 4 is 28.8 Å². The summed E-state index contributed by atoms with van der Waals surface area (Å²) in [5.41, 5.74) is 8.08. The minimum atomic E-state index is 0.315. The minimum absolute atomic E-state index is 0.315. The highest BCUT2D eigenvalue weighted by Crippen LogP contribution is 2.32. The van der Waals surface area contributed by atoms with E-state index in [2.05, 4.69) is 15.3 Å². The Bertz CT molecular complexity index is 789. The number of nitrogens with one attached hydrogen (secondary N) is 1. The maximum atomic E-state index is 6.07. The molecule has 3 rings (SSSR count). The number of benzene rings is 1. The normalized spacial score (nSPS) is 10.5. The summed E-state index contributed by atoms with van der Waals surface area (Å²) in [7, 11) is 0. The van der Waals surface area contributed by atoms with Gasteiger partial charge in [0.05, 0.1) is 18.5 Å². The second-order valence-corrected chi connectivity index (χ2v) is 5.09. The number of nitrogen functional groups attached to an aromatic ring is 1. The van der Waals surface area contributed by atoms with Crippen molar-refractivity contribution < 1.29 is 9.15 Å². The van der Waals surface area contributed by atoms with Gasteiger partial charge in [-0.1, -0.05) is 11.6 Å². The molecule has 3 aromatic rings. The van der Waals surface area contributed by atoms with Crippen LogP contribution in [0.1, 0.15) is 6.92 Å². The van der Waals surface area contributed by atoms with Crippen LogP contribution in [-0.2, 0) is 0 Å². The first-order valence-corrected chi connectivity index (χ1v) is 7.40. The Morgan fingerprint density at radius 3 is 2.74 bits per heavy atom. The van der Waals surface area contributed by atoms with E-state index in [0.29, 0.717) is 34.8 Å². The summed E-state index contributed by atoms with van der Waals surface area (Å²) in [5.74, 6) is 1.58. The van der Waals surface area contributed by atoms with Crippen LogP contribution in [-0.4, -0.2) is 16.6 Å². The van der Waals surface area contributed by atoms with Gasteiger partial charge in [-0.15, -0.1) is 0 Å². The fourth-order valence-corrected chi connectivity index (χ4v) is 2.20. The summed E-state index contributed by atoms with van der Waals surface area (Å²) in [6, 6.07) is 9.32. The molecule has 0 spiro atoms. The van der Waals surface area contributed by atoms with Crippen molar-refractivity contribution in [2.24, 2.45) is 0 Å². The van der Waals surface area contributed by atoms with E-state index in [9.17, 15) is 0 Å². The Hall–Kier alpha value is -2.73. The van der Waals surface area contributed by atoms with E-state index in [1.165, 1.54) is 6.39 Å². The van der Waals surface area contributed by atoms with Gasteiger partial charge in [-0.2, -0.15) is 4.98 Å². The van der Waals surface area contributed by atoms with Crippen molar-refractivity contribution in [2.45, 2.75) is 6.92 Å². The van der Waals surface area contributed by atoms with Gasteiger partial charge >= 0.3 is 0 Å². The second kappa shape index (κ2) is 6.58. The zero-order valence-electron chi connectivity index (χ0n) is 12.4. The Morgan fingerprint density at radius 2 is 2.09 bits per heavy atom. The summed E-state index contributed by atoms with van der Waals surface area (Å²) >= 11 is 6.07. The standard InChI is InChI=1S/C16H15ClN4O2/c1-2-22-16-15(17)12(18)7-14(21-16)20-11-5-3-10(4-6-11)13-8-19-9-23-13/h3-9H,2H2,1H3,(H3,18,20,21). The first-order chi connectivity index (χ1) is 11.2. The molecular formula is C16H15ClN4O2. The molecule has 0 fully saturated rings. The highest BCUT2D eigenvalue weighted by atomic mass is 35.5. The van der Waals surface area contributed by atoms with Gasteiger partial charge in [0.25, 0.3) is 0 Å². The predicted octanol–water partition coefficient (Wildman–Crippen LogP) is 4.11. The molecule has 0 saturated heterocycles. The van der Waals surface area contributed by atoms with Gasteiger partial charge in [0, 0.05) is 17.3 Å². The van der Waals surface area contributed by atoms with Gasteiger partial charge in [-0.05, 0) is 31.2 Å². The average Bonchev–Trinajstić information content (AvgIpc) is 3.07. The number of hydrogen-bond donors (Lipinski definition) is 2. The quantitative estimate of drug-likeness (QED) is 0.732. The van der Waals surface area contributed by atoms with Gasteiger partial charge in [0.2, 0.25) is 5.88 Å². The Kier molecular flexibility index (Phi) is 4.34. The first kappa shape index (κ1) is 15.2. The third-order valence-corrected chi connectivity index (χ3v) is 3.49. The van der Waals surface area contributed by atoms with Crippen LogP contribution in [0.4, 0.5) is 17.2 Å². The maximum absolute atomic E-state index is 6.07. The van der Waals surface area contributed by atoms with Crippen LogP contribution in [0, 0.1) is 0 Å². The SMILES string of the molecule is CCOc1nc(Nc2ccc(-c3cnco3)cc2)cc(N)c1Cl. The first-order valence-electron chi connectivity index (χ1n) is 7.02. The van der Waals surface area contributed by atoms with Gasteiger partial charge in [-0.25, -0.2) is 4.98 Å². The minimum Gasteiger partial charge on any atom is -0.477 e. The van der Waals surface area contributed by atoms with Crippen LogP contribution >= 0.6 is 11.6 Å². The Labute approximate surface area is 138 Å². The van der Waals surface area contributed by atoms with Crippen LogP contribution in [0.3, 0.4) is 0 Å². The lowest BCUT2D eigenvalue weighted by molar-refractivity contribution is 0.328. The molecule has 0 amide bonds. The Morgan fingerprint density at radius 1 is 1.30 bits per heavy atom. The number of aromatic nitrogens is 2. The van der Waals surface area contributed by atoms with Crippen molar-refractivity contribution in [1.82, 2.24) is 9.97 Å². The second-order valence-electron chi connectivity index (χ2n) is 4.72. The van der Waals surface area contributed by atoms with Crippen molar-refractivity contribution in [3.05, 3.63) is 47.9 Å². The number of pyridine rings is 1. The molecule has 0 atom stereocenters. The van der Waals surface area contributed by atoms with E-state index >= 15 is 0 Å². The zero-order chi connectivity index (χ0) is 16.2. The highest BCUT2D eigenvalue weighted by Gasteiger charge is 2.10. The maximum Gasteiger partial charge on any atom is 0.236 e. The van der Waals surface area contributed by atoms with Crippen LogP contribution < -0.4 is 15.8 Å². The number of rotatable bonds is 5. The molecule has 0 bridgehead atoms.